The van der Waals surface area contributed by atoms with Gasteiger partial charge in [-0.3, -0.25) is 0 Å². The van der Waals surface area contributed by atoms with E-state index in [-0.39, 0.29) is 12.5 Å². The van der Waals surface area contributed by atoms with Gasteiger partial charge in [0.05, 0.1) is 19.0 Å². The highest BCUT2D eigenvalue weighted by Crippen LogP contribution is 2.19. The summed E-state index contributed by atoms with van der Waals surface area (Å²) in [4.78, 5) is -2.88. The molecule has 0 bridgehead atoms. The molecular formula is C6H9BrF2N2. The zero-order chi connectivity index (χ0) is 8.91. The maximum atomic E-state index is 12.1. The molecule has 0 radical (unpaired) electrons. The largest absolute Gasteiger partial charge is 0.313 e. The standard InChI is InChI=1S/C6H9BrF2N2/c1-5(2-3-10)11-4-6(7,8)9/h5,11H,2,4H2,1H3. The molecule has 0 aliphatic heterocycles. The van der Waals surface area contributed by atoms with Gasteiger partial charge in [0.25, 0.3) is 0 Å². The normalized spacial score (nSPS) is 14.1. The van der Waals surface area contributed by atoms with E-state index in [1.54, 1.807) is 6.92 Å². The molecule has 0 amide bonds. The predicted molar refractivity (Wildman–Crippen MR) is 41.6 cm³/mol. The van der Waals surface area contributed by atoms with E-state index in [4.69, 9.17) is 5.26 Å². The van der Waals surface area contributed by atoms with E-state index in [1.165, 1.54) is 0 Å². The molecule has 0 aromatic heterocycles. The van der Waals surface area contributed by atoms with Crippen LogP contribution >= 0.6 is 15.9 Å². The SMILES string of the molecule is CC(CC#N)NCC(F)(F)Br. The van der Waals surface area contributed by atoms with Gasteiger partial charge in [0, 0.05) is 6.04 Å². The molecule has 0 saturated carbocycles. The Labute approximate surface area is 72.7 Å². The van der Waals surface area contributed by atoms with Gasteiger partial charge in [-0.1, -0.05) is 0 Å². The summed E-state index contributed by atoms with van der Waals surface area (Å²) in [6.07, 6.45) is 0.239. The van der Waals surface area contributed by atoms with Crippen LogP contribution in [0.25, 0.3) is 0 Å². The van der Waals surface area contributed by atoms with Gasteiger partial charge in [-0.2, -0.15) is 14.0 Å². The molecule has 5 heteroatoms. The number of hydrogen-bond donors (Lipinski definition) is 1. The number of halogens is 3. The van der Waals surface area contributed by atoms with Gasteiger partial charge >= 0.3 is 4.83 Å². The van der Waals surface area contributed by atoms with Crippen LogP contribution in [0, 0.1) is 11.3 Å². The van der Waals surface area contributed by atoms with Crippen molar-refractivity contribution in [2.45, 2.75) is 24.2 Å². The summed E-state index contributed by atoms with van der Waals surface area (Å²) in [5.41, 5.74) is 0. The molecule has 0 aliphatic carbocycles. The van der Waals surface area contributed by atoms with Gasteiger partial charge < -0.3 is 5.32 Å². The fourth-order valence-corrected chi connectivity index (χ4v) is 0.661. The molecule has 1 unspecified atom stereocenters. The average Bonchev–Trinajstić information content (AvgIpc) is 1.83. The molecule has 0 aromatic rings. The first-order valence-corrected chi connectivity index (χ1v) is 3.92. The van der Waals surface area contributed by atoms with Gasteiger partial charge in [-0.05, 0) is 22.9 Å². The van der Waals surface area contributed by atoms with Crippen LogP contribution in [-0.2, 0) is 0 Å². The van der Waals surface area contributed by atoms with E-state index < -0.39 is 11.4 Å². The molecule has 0 aliphatic rings. The summed E-state index contributed by atoms with van der Waals surface area (Å²) >= 11 is 2.18. The Bertz CT molecular complexity index is 150. The molecular weight excluding hydrogens is 218 g/mol. The second-order valence-electron chi connectivity index (χ2n) is 2.26. The fraction of sp³-hybridized carbons (Fsp3) is 0.833. The van der Waals surface area contributed by atoms with Crippen molar-refractivity contribution in [2.24, 2.45) is 0 Å². The monoisotopic (exact) mass is 226 g/mol. The van der Waals surface area contributed by atoms with Crippen molar-refractivity contribution in [3.63, 3.8) is 0 Å². The molecule has 11 heavy (non-hydrogen) atoms. The molecule has 0 rings (SSSR count). The molecule has 0 saturated heterocycles. The maximum Gasteiger partial charge on any atom is 0.313 e. The molecule has 1 N–H and O–H groups in total. The summed E-state index contributed by atoms with van der Waals surface area (Å²) in [5, 5.41) is 10.7. The van der Waals surface area contributed by atoms with Gasteiger partial charge in [-0.15, -0.1) is 0 Å². The molecule has 0 spiro atoms. The van der Waals surface area contributed by atoms with Crippen LogP contribution in [-0.4, -0.2) is 17.4 Å². The first-order chi connectivity index (χ1) is 4.95. The molecule has 0 fully saturated rings. The van der Waals surface area contributed by atoms with E-state index in [0.717, 1.165) is 0 Å². The van der Waals surface area contributed by atoms with E-state index in [2.05, 4.69) is 21.2 Å². The summed E-state index contributed by atoms with van der Waals surface area (Å²) in [7, 11) is 0. The van der Waals surface area contributed by atoms with Crippen LogP contribution in [0.1, 0.15) is 13.3 Å². The summed E-state index contributed by atoms with van der Waals surface area (Å²) in [5.74, 6) is 0. The second kappa shape index (κ2) is 4.62. The Morgan fingerprint density at radius 2 is 2.27 bits per heavy atom. The molecule has 64 valence electrons. The average molecular weight is 227 g/mol. The highest BCUT2D eigenvalue weighted by Gasteiger charge is 2.23. The highest BCUT2D eigenvalue weighted by molar-refractivity contribution is 9.10. The Morgan fingerprint density at radius 1 is 1.73 bits per heavy atom. The lowest BCUT2D eigenvalue weighted by Gasteiger charge is -2.13. The maximum absolute atomic E-state index is 12.1. The number of alkyl halides is 3. The summed E-state index contributed by atoms with van der Waals surface area (Å²) in [6.45, 7) is 1.23. The van der Waals surface area contributed by atoms with Gasteiger partial charge in [0.15, 0.2) is 0 Å². The van der Waals surface area contributed by atoms with E-state index in [1.807, 2.05) is 6.07 Å². The first-order valence-electron chi connectivity index (χ1n) is 3.13. The zero-order valence-corrected chi connectivity index (χ0v) is 7.66. The molecule has 1 atom stereocenters. The van der Waals surface area contributed by atoms with Crippen LogP contribution in [0.3, 0.4) is 0 Å². The van der Waals surface area contributed by atoms with Crippen molar-refractivity contribution >= 4 is 15.9 Å². The smallest absolute Gasteiger partial charge is 0.307 e. The molecule has 0 aromatic carbocycles. The van der Waals surface area contributed by atoms with Crippen LogP contribution < -0.4 is 5.32 Å². The van der Waals surface area contributed by atoms with Crippen LogP contribution in [0.15, 0.2) is 0 Å². The van der Waals surface area contributed by atoms with Crippen LogP contribution in [0.5, 0.6) is 0 Å². The second-order valence-corrected chi connectivity index (χ2v) is 3.42. The minimum absolute atomic E-state index is 0.191. The van der Waals surface area contributed by atoms with Crippen molar-refractivity contribution in [2.75, 3.05) is 6.54 Å². The lowest BCUT2D eigenvalue weighted by molar-refractivity contribution is 0.110. The van der Waals surface area contributed by atoms with E-state index >= 15 is 0 Å². The van der Waals surface area contributed by atoms with Crippen molar-refractivity contribution in [1.29, 1.82) is 5.26 Å². The predicted octanol–water partition coefficient (Wildman–Crippen LogP) is 1.87. The topological polar surface area (TPSA) is 35.8 Å². The van der Waals surface area contributed by atoms with Gasteiger partial charge in [0.1, 0.15) is 0 Å². The van der Waals surface area contributed by atoms with Crippen LogP contribution in [0.4, 0.5) is 8.78 Å². The Hall–Kier alpha value is -0.210. The summed E-state index contributed by atoms with van der Waals surface area (Å²) in [6, 6.07) is 1.69. The Kier molecular flexibility index (Phi) is 4.54. The number of nitrogens with zero attached hydrogens (tertiary/aromatic N) is 1. The fourth-order valence-electron chi connectivity index (χ4n) is 0.499. The third kappa shape index (κ3) is 7.69. The van der Waals surface area contributed by atoms with Crippen LogP contribution in [0.2, 0.25) is 0 Å². The minimum atomic E-state index is -2.88. The Balaban J connectivity index is 3.48. The minimum Gasteiger partial charge on any atom is -0.307 e. The number of hydrogen-bond acceptors (Lipinski definition) is 2. The highest BCUT2D eigenvalue weighted by atomic mass is 79.9. The third-order valence-electron chi connectivity index (χ3n) is 1.05. The van der Waals surface area contributed by atoms with Crippen molar-refractivity contribution in [1.82, 2.24) is 5.32 Å². The quantitative estimate of drug-likeness (QED) is 0.744. The lowest BCUT2D eigenvalue weighted by atomic mass is 10.2. The third-order valence-corrected chi connectivity index (χ3v) is 1.33. The number of nitriles is 1. The Morgan fingerprint density at radius 3 is 2.64 bits per heavy atom. The molecule has 0 heterocycles. The number of rotatable bonds is 4. The first kappa shape index (κ1) is 10.8. The summed E-state index contributed by atoms with van der Waals surface area (Å²) < 4.78 is 24.2. The molecule has 2 nitrogen and oxygen atoms in total. The van der Waals surface area contributed by atoms with E-state index in [0.29, 0.717) is 0 Å². The lowest BCUT2D eigenvalue weighted by Crippen LogP contribution is -2.34. The van der Waals surface area contributed by atoms with Crippen molar-refractivity contribution < 1.29 is 8.78 Å². The van der Waals surface area contributed by atoms with Gasteiger partial charge in [0.2, 0.25) is 0 Å². The van der Waals surface area contributed by atoms with Crippen molar-refractivity contribution in [3.8, 4) is 6.07 Å². The van der Waals surface area contributed by atoms with Crippen molar-refractivity contribution in [3.05, 3.63) is 0 Å². The van der Waals surface area contributed by atoms with Gasteiger partial charge in [-0.25, -0.2) is 0 Å². The van der Waals surface area contributed by atoms with E-state index in [9.17, 15) is 8.78 Å². The number of nitrogens with one attached hydrogen (secondary N) is 1. The zero-order valence-electron chi connectivity index (χ0n) is 6.07.